The van der Waals surface area contributed by atoms with E-state index >= 15 is 0 Å². The Hall–Kier alpha value is -2.66. The lowest BCUT2D eigenvalue weighted by Gasteiger charge is -2.26. The fourth-order valence-electron chi connectivity index (χ4n) is 2.65. The Morgan fingerprint density at radius 3 is 2.70 bits per heavy atom. The van der Waals surface area contributed by atoms with E-state index in [1.54, 1.807) is 0 Å². The molecule has 1 fully saturated rings. The molecule has 2 aromatic rings. The lowest BCUT2D eigenvalue weighted by Crippen LogP contribution is -2.38. The van der Waals surface area contributed by atoms with Crippen LogP contribution >= 0.6 is 0 Å². The third-order valence-electron chi connectivity index (χ3n) is 4.08. The van der Waals surface area contributed by atoms with E-state index in [-0.39, 0.29) is 29.4 Å². The van der Waals surface area contributed by atoms with Gasteiger partial charge in [0.2, 0.25) is 0 Å². The molecule has 0 saturated carbocycles. The molecule has 1 aromatic carbocycles. The number of halogens is 3. The Labute approximate surface area is 152 Å². The number of imidazole rings is 1. The van der Waals surface area contributed by atoms with Crippen molar-refractivity contribution in [3.63, 3.8) is 0 Å². The van der Waals surface area contributed by atoms with Crippen LogP contribution < -0.4 is 4.74 Å². The van der Waals surface area contributed by atoms with Crippen molar-refractivity contribution in [2.75, 3.05) is 39.5 Å². The van der Waals surface area contributed by atoms with Crippen molar-refractivity contribution in [1.29, 1.82) is 0 Å². The third kappa shape index (κ3) is 4.74. The van der Waals surface area contributed by atoms with Crippen LogP contribution in [0.3, 0.4) is 0 Å². The summed E-state index contributed by atoms with van der Waals surface area (Å²) in [6, 6.07) is 3.93. The average molecular weight is 386 g/mol. The summed E-state index contributed by atoms with van der Waals surface area (Å²) < 4.78 is 48.8. The summed E-state index contributed by atoms with van der Waals surface area (Å²) in [5.41, 5.74) is -1.19. The summed E-state index contributed by atoms with van der Waals surface area (Å²) in [6.45, 7) is 3.65. The molecule has 0 aliphatic carbocycles. The Bertz CT molecular complexity index is 803. The first-order chi connectivity index (χ1) is 12.8. The molecule has 0 bridgehead atoms. The minimum Gasteiger partial charge on any atom is -0.485 e. The van der Waals surface area contributed by atoms with Gasteiger partial charge >= 0.3 is 11.9 Å². The molecule has 0 spiro atoms. The number of rotatable bonds is 6. The number of alkyl halides is 3. The number of nitro benzene ring substituents is 1. The molecule has 0 unspecified atom stereocenters. The Morgan fingerprint density at radius 2 is 2.07 bits per heavy atom. The lowest BCUT2D eigenvalue weighted by atomic mass is 10.2. The summed E-state index contributed by atoms with van der Waals surface area (Å²) in [7, 11) is 0. The van der Waals surface area contributed by atoms with E-state index in [1.165, 1.54) is 12.1 Å². The summed E-state index contributed by atoms with van der Waals surface area (Å²) in [5, 5.41) is 11.3. The number of morpholine rings is 1. The molecule has 0 amide bonds. The number of nitrogens with one attached hydrogen (secondary N) is 1. The number of hydrogen-bond donors (Lipinski definition) is 1. The van der Waals surface area contributed by atoms with Crippen LogP contribution in [0.4, 0.5) is 18.9 Å². The zero-order chi connectivity index (χ0) is 19.4. The Morgan fingerprint density at radius 1 is 1.33 bits per heavy atom. The molecule has 1 aromatic heterocycles. The second-order valence-corrected chi connectivity index (χ2v) is 5.89. The predicted octanol–water partition coefficient (Wildman–Crippen LogP) is 2.71. The van der Waals surface area contributed by atoms with Crippen LogP contribution in [0.1, 0.15) is 5.69 Å². The van der Waals surface area contributed by atoms with Crippen LogP contribution in [-0.2, 0) is 10.9 Å². The molecule has 27 heavy (non-hydrogen) atoms. The highest BCUT2D eigenvalue weighted by molar-refractivity contribution is 5.63. The molecular formula is C16H17F3N4O4. The zero-order valence-electron chi connectivity index (χ0n) is 14.2. The maximum Gasteiger partial charge on any atom is 0.432 e. The van der Waals surface area contributed by atoms with Crippen molar-refractivity contribution in [3.8, 4) is 17.1 Å². The van der Waals surface area contributed by atoms with E-state index in [4.69, 9.17) is 9.47 Å². The number of H-pyrrole nitrogens is 1. The number of ether oxygens (including phenoxy) is 2. The smallest absolute Gasteiger partial charge is 0.432 e. The minimum atomic E-state index is -4.57. The minimum absolute atomic E-state index is 0.0552. The lowest BCUT2D eigenvalue weighted by molar-refractivity contribution is -0.385. The van der Waals surface area contributed by atoms with Crippen molar-refractivity contribution >= 4 is 5.69 Å². The quantitative estimate of drug-likeness (QED) is 0.606. The van der Waals surface area contributed by atoms with Crippen LogP contribution in [-0.4, -0.2) is 59.2 Å². The monoisotopic (exact) mass is 386 g/mol. The zero-order valence-corrected chi connectivity index (χ0v) is 14.2. The number of benzene rings is 1. The van der Waals surface area contributed by atoms with Crippen molar-refractivity contribution in [2.45, 2.75) is 6.18 Å². The molecule has 1 aliphatic rings. The van der Waals surface area contributed by atoms with E-state index in [9.17, 15) is 23.3 Å². The van der Waals surface area contributed by atoms with Gasteiger partial charge in [0.05, 0.1) is 24.3 Å². The summed E-state index contributed by atoms with van der Waals surface area (Å²) in [4.78, 5) is 18.6. The summed E-state index contributed by atoms with van der Waals surface area (Å²) in [5.74, 6) is -0.0510. The second-order valence-electron chi connectivity index (χ2n) is 5.89. The van der Waals surface area contributed by atoms with Gasteiger partial charge in [-0.3, -0.25) is 15.0 Å². The van der Waals surface area contributed by atoms with Gasteiger partial charge in [0, 0.05) is 31.3 Å². The molecule has 1 N–H and O–H groups in total. The first-order valence-corrected chi connectivity index (χ1v) is 8.18. The van der Waals surface area contributed by atoms with E-state index in [0.717, 1.165) is 19.2 Å². The van der Waals surface area contributed by atoms with Crippen LogP contribution in [0.2, 0.25) is 0 Å². The second kappa shape index (κ2) is 7.92. The number of nitro groups is 1. The normalized spacial score (nSPS) is 15.7. The molecule has 146 valence electrons. The Balaban J connectivity index is 1.72. The molecule has 11 heteroatoms. The number of aromatic nitrogens is 2. The average Bonchev–Trinajstić information content (AvgIpc) is 3.13. The SMILES string of the molecule is O=[N+]([O-])c1cc(-c2ncc(C(F)(F)F)[nH]2)ccc1OCCN1CCOCC1. The van der Waals surface area contributed by atoms with Crippen molar-refractivity contribution in [1.82, 2.24) is 14.9 Å². The van der Waals surface area contributed by atoms with Crippen LogP contribution in [0.25, 0.3) is 11.4 Å². The van der Waals surface area contributed by atoms with E-state index < -0.39 is 16.8 Å². The van der Waals surface area contributed by atoms with Crippen LogP contribution in [0.5, 0.6) is 5.75 Å². The first kappa shape index (κ1) is 19.1. The van der Waals surface area contributed by atoms with E-state index in [2.05, 4.69) is 14.9 Å². The van der Waals surface area contributed by atoms with Crippen LogP contribution in [0, 0.1) is 10.1 Å². The van der Waals surface area contributed by atoms with Gasteiger partial charge in [-0.1, -0.05) is 0 Å². The van der Waals surface area contributed by atoms with Gasteiger partial charge in [-0.05, 0) is 12.1 Å². The fourth-order valence-corrected chi connectivity index (χ4v) is 2.65. The molecule has 1 aliphatic heterocycles. The molecule has 2 heterocycles. The molecule has 1 saturated heterocycles. The number of nitrogens with zero attached hydrogens (tertiary/aromatic N) is 3. The van der Waals surface area contributed by atoms with Crippen molar-refractivity contribution in [3.05, 3.63) is 40.2 Å². The van der Waals surface area contributed by atoms with Gasteiger partial charge in [0.15, 0.2) is 5.75 Å². The maximum atomic E-state index is 12.7. The standard InChI is InChI=1S/C16H17F3N4O4/c17-16(18,19)14-10-20-15(21-14)11-1-2-13(12(9-11)23(24)25)27-8-5-22-3-6-26-7-4-22/h1-2,9-10H,3-8H2,(H,20,21). The van der Waals surface area contributed by atoms with E-state index in [0.29, 0.717) is 26.0 Å². The van der Waals surface area contributed by atoms with Gasteiger partial charge in [-0.25, -0.2) is 4.98 Å². The molecule has 0 atom stereocenters. The highest BCUT2D eigenvalue weighted by Crippen LogP contribution is 2.33. The van der Waals surface area contributed by atoms with Gasteiger partial charge in [-0.2, -0.15) is 13.2 Å². The van der Waals surface area contributed by atoms with Crippen molar-refractivity contribution in [2.24, 2.45) is 0 Å². The highest BCUT2D eigenvalue weighted by Gasteiger charge is 2.33. The van der Waals surface area contributed by atoms with Gasteiger partial charge in [0.1, 0.15) is 18.1 Å². The topological polar surface area (TPSA) is 93.5 Å². The largest absolute Gasteiger partial charge is 0.485 e. The molecule has 0 radical (unpaired) electrons. The molecule has 3 rings (SSSR count). The van der Waals surface area contributed by atoms with Gasteiger partial charge in [-0.15, -0.1) is 0 Å². The first-order valence-electron chi connectivity index (χ1n) is 8.18. The maximum absolute atomic E-state index is 12.7. The fraction of sp³-hybridized carbons (Fsp3) is 0.438. The predicted molar refractivity (Wildman–Crippen MR) is 88.4 cm³/mol. The van der Waals surface area contributed by atoms with Crippen molar-refractivity contribution < 1.29 is 27.6 Å². The third-order valence-corrected chi connectivity index (χ3v) is 4.08. The highest BCUT2D eigenvalue weighted by atomic mass is 19.4. The summed E-state index contributed by atoms with van der Waals surface area (Å²) >= 11 is 0. The van der Waals surface area contributed by atoms with Gasteiger partial charge < -0.3 is 14.5 Å². The number of hydrogen-bond acceptors (Lipinski definition) is 6. The summed E-state index contributed by atoms with van der Waals surface area (Å²) in [6.07, 6.45) is -3.92. The molecule has 8 nitrogen and oxygen atoms in total. The Kier molecular flexibility index (Phi) is 5.61. The number of aromatic amines is 1. The van der Waals surface area contributed by atoms with Crippen LogP contribution in [0.15, 0.2) is 24.4 Å². The van der Waals surface area contributed by atoms with E-state index in [1.807, 2.05) is 0 Å². The van der Waals surface area contributed by atoms with Gasteiger partial charge in [0.25, 0.3) is 0 Å². The molecular weight excluding hydrogens is 369 g/mol.